The maximum absolute atomic E-state index is 14.1. The molecule has 0 aliphatic carbocycles. The minimum absolute atomic E-state index is 0.0102. The summed E-state index contributed by atoms with van der Waals surface area (Å²) in [6.07, 6.45) is 4.46. The minimum Gasteiger partial charge on any atom is -0.405 e. The third-order valence-electron chi connectivity index (χ3n) is 3.40. The second-order valence-electron chi connectivity index (χ2n) is 5.10. The number of hydrogen-bond donors (Lipinski definition) is 2. The van der Waals surface area contributed by atoms with Crippen LogP contribution in [-0.2, 0) is 6.54 Å². The zero-order valence-corrected chi connectivity index (χ0v) is 12.7. The third-order valence-corrected chi connectivity index (χ3v) is 3.40. The van der Waals surface area contributed by atoms with Gasteiger partial charge in [0.15, 0.2) is 17.3 Å². The van der Waals surface area contributed by atoms with Gasteiger partial charge in [-0.15, -0.1) is 0 Å². The number of imidazole rings is 1. The normalized spacial score (nSPS) is 12.5. The number of benzene rings is 1. The lowest BCUT2D eigenvalue weighted by Gasteiger charge is -2.08. The molecular formula is C15H14F2N6O. The fourth-order valence-electron chi connectivity index (χ4n) is 2.34. The summed E-state index contributed by atoms with van der Waals surface area (Å²) in [4.78, 5) is 4.22. The van der Waals surface area contributed by atoms with Gasteiger partial charge < -0.3 is 16.0 Å². The number of nitrogens with zero attached hydrogens (tertiary/aromatic N) is 4. The maximum atomic E-state index is 14.1. The molecule has 0 atom stereocenters. The molecular weight excluding hydrogens is 318 g/mol. The molecule has 2 heterocycles. The average Bonchev–Trinajstić information content (AvgIpc) is 3.09. The summed E-state index contributed by atoms with van der Waals surface area (Å²) in [7, 11) is 0. The minimum atomic E-state index is -0.775. The van der Waals surface area contributed by atoms with E-state index in [-0.39, 0.29) is 23.4 Å². The Balaban J connectivity index is 2.25. The Morgan fingerprint density at radius 1 is 1.33 bits per heavy atom. The summed E-state index contributed by atoms with van der Waals surface area (Å²) >= 11 is 0. The summed E-state index contributed by atoms with van der Waals surface area (Å²) < 4.78 is 33.9. The Kier molecular flexibility index (Phi) is 3.98. The highest BCUT2D eigenvalue weighted by atomic mass is 19.1. The molecule has 24 heavy (non-hydrogen) atoms. The van der Waals surface area contributed by atoms with Crippen molar-refractivity contribution in [1.82, 2.24) is 19.9 Å². The van der Waals surface area contributed by atoms with Crippen LogP contribution in [0, 0.1) is 18.6 Å². The Morgan fingerprint density at radius 3 is 2.79 bits per heavy atom. The van der Waals surface area contributed by atoms with Gasteiger partial charge in [-0.3, -0.25) is 0 Å². The Morgan fingerprint density at radius 2 is 2.12 bits per heavy atom. The highest BCUT2D eigenvalue weighted by Gasteiger charge is 2.21. The molecule has 0 amide bonds. The van der Waals surface area contributed by atoms with E-state index >= 15 is 0 Å². The van der Waals surface area contributed by atoms with Crippen molar-refractivity contribution in [3.05, 3.63) is 53.5 Å². The molecule has 3 rings (SSSR count). The van der Waals surface area contributed by atoms with Crippen molar-refractivity contribution in [3.8, 4) is 11.5 Å². The number of allylic oxidation sites excluding steroid dienone is 3. The van der Waals surface area contributed by atoms with Gasteiger partial charge in [0, 0.05) is 17.8 Å². The molecule has 0 bridgehead atoms. The molecule has 0 aliphatic heterocycles. The lowest BCUT2D eigenvalue weighted by atomic mass is 10.2. The first-order valence-electron chi connectivity index (χ1n) is 6.99. The van der Waals surface area contributed by atoms with Gasteiger partial charge in [0.05, 0.1) is 12.1 Å². The number of halogens is 2. The van der Waals surface area contributed by atoms with E-state index in [1.165, 1.54) is 12.3 Å². The van der Waals surface area contributed by atoms with E-state index in [1.807, 2.05) is 0 Å². The van der Waals surface area contributed by atoms with Crippen LogP contribution in [0.25, 0.3) is 22.6 Å². The zero-order valence-electron chi connectivity index (χ0n) is 12.7. The van der Waals surface area contributed by atoms with E-state index < -0.39 is 11.6 Å². The van der Waals surface area contributed by atoms with E-state index in [9.17, 15) is 8.78 Å². The molecule has 4 N–H and O–H groups in total. The van der Waals surface area contributed by atoms with Crippen LogP contribution in [0.15, 0.2) is 40.8 Å². The number of aromatic nitrogens is 4. The van der Waals surface area contributed by atoms with Crippen LogP contribution < -0.4 is 11.5 Å². The van der Waals surface area contributed by atoms with Crippen molar-refractivity contribution in [2.75, 3.05) is 0 Å². The molecule has 0 fully saturated rings. The topological polar surface area (TPSA) is 109 Å². The van der Waals surface area contributed by atoms with Gasteiger partial charge in [-0.05, 0) is 30.4 Å². The molecule has 0 saturated carbocycles. The van der Waals surface area contributed by atoms with Crippen LogP contribution >= 0.6 is 0 Å². The summed E-state index contributed by atoms with van der Waals surface area (Å²) in [5.41, 5.74) is 12.7. The molecule has 0 spiro atoms. The van der Waals surface area contributed by atoms with Crippen LogP contribution in [0.4, 0.5) is 8.78 Å². The van der Waals surface area contributed by atoms with Gasteiger partial charge >= 0.3 is 0 Å². The van der Waals surface area contributed by atoms with Crippen molar-refractivity contribution in [1.29, 1.82) is 0 Å². The Hall–Kier alpha value is -3.23. The first-order chi connectivity index (χ1) is 11.5. The maximum Gasteiger partial charge on any atom is 0.173 e. The SMILES string of the molecule is Cc1nonc1-c1nc2c(F)cc(F)cc2n1C/C(N)=C/C=C\N. The van der Waals surface area contributed by atoms with Gasteiger partial charge in [-0.2, -0.15) is 0 Å². The molecule has 1 aromatic carbocycles. The van der Waals surface area contributed by atoms with Crippen LogP contribution in [0.1, 0.15) is 5.69 Å². The van der Waals surface area contributed by atoms with Gasteiger partial charge in [0.1, 0.15) is 17.0 Å². The fourth-order valence-corrected chi connectivity index (χ4v) is 2.34. The standard InChI is InChI=1S/C15H14F2N6O/c1-8-13(22-24-21-8)15-20-14-11(17)5-9(16)6-12(14)23(15)7-10(19)3-2-4-18/h2-6H,7,18-19H2,1H3/b4-2-,10-3-. The van der Waals surface area contributed by atoms with Crippen molar-refractivity contribution in [2.45, 2.75) is 13.5 Å². The second kappa shape index (κ2) is 6.11. The number of nitrogens with two attached hydrogens (primary N) is 2. The second-order valence-corrected chi connectivity index (χ2v) is 5.10. The van der Waals surface area contributed by atoms with Crippen molar-refractivity contribution >= 4 is 11.0 Å². The molecule has 0 radical (unpaired) electrons. The predicted molar refractivity (Wildman–Crippen MR) is 83.3 cm³/mol. The Labute approximate surface area is 135 Å². The number of hydrogen-bond acceptors (Lipinski definition) is 6. The van der Waals surface area contributed by atoms with Crippen LogP contribution in [0.5, 0.6) is 0 Å². The van der Waals surface area contributed by atoms with Gasteiger partial charge in [0.2, 0.25) is 0 Å². The molecule has 3 aromatic rings. The van der Waals surface area contributed by atoms with Crippen molar-refractivity contribution < 1.29 is 13.4 Å². The number of fused-ring (bicyclic) bond motifs is 1. The van der Waals surface area contributed by atoms with Crippen molar-refractivity contribution in [3.63, 3.8) is 0 Å². The van der Waals surface area contributed by atoms with E-state index in [2.05, 4.69) is 19.9 Å². The fraction of sp³-hybridized carbons (Fsp3) is 0.133. The van der Waals surface area contributed by atoms with E-state index in [0.29, 0.717) is 17.1 Å². The molecule has 9 heteroatoms. The summed E-state index contributed by atoms with van der Waals surface area (Å²) in [6.45, 7) is 1.80. The van der Waals surface area contributed by atoms with Gasteiger partial charge in [-0.1, -0.05) is 5.16 Å². The molecule has 2 aromatic heterocycles. The Bertz CT molecular complexity index is 956. The summed E-state index contributed by atoms with van der Waals surface area (Å²) in [6, 6.07) is 1.96. The number of aryl methyl sites for hydroxylation is 1. The van der Waals surface area contributed by atoms with Crippen LogP contribution in [0.3, 0.4) is 0 Å². The first kappa shape index (κ1) is 15.7. The monoisotopic (exact) mass is 332 g/mol. The quantitative estimate of drug-likeness (QED) is 0.707. The zero-order chi connectivity index (χ0) is 17.3. The van der Waals surface area contributed by atoms with Crippen LogP contribution in [0.2, 0.25) is 0 Å². The van der Waals surface area contributed by atoms with Gasteiger partial charge in [0.25, 0.3) is 0 Å². The first-order valence-corrected chi connectivity index (χ1v) is 6.99. The summed E-state index contributed by atoms with van der Waals surface area (Å²) in [5, 5.41) is 7.48. The van der Waals surface area contributed by atoms with Gasteiger partial charge in [-0.25, -0.2) is 18.4 Å². The number of rotatable bonds is 4. The lowest BCUT2D eigenvalue weighted by Crippen LogP contribution is -2.10. The lowest BCUT2D eigenvalue weighted by molar-refractivity contribution is 0.305. The highest BCUT2D eigenvalue weighted by molar-refractivity contribution is 5.81. The highest BCUT2D eigenvalue weighted by Crippen LogP contribution is 2.28. The van der Waals surface area contributed by atoms with Crippen LogP contribution in [-0.4, -0.2) is 19.9 Å². The van der Waals surface area contributed by atoms with E-state index in [4.69, 9.17) is 11.5 Å². The van der Waals surface area contributed by atoms with E-state index in [1.54, 1.807) is 23.6 Å². The molecule has 0 unspecified atom stereocenters. The average molecular weight is 332 g/mol. The molecule has 0 aliphatic rings. The smallest absolute Gasteiger partial charge is 0.173 e. The predicted octanol–water partition coefficient (Wildman–Crippen LogP) is 1.99. The largest absolute Gasteiger partial charge is 0.405 e. The summed E-state index contributed by atoms with van der Waals surface area (Å²) in [5.74, 6) is -1.21. The van der Waals surface area contributed by atoms with Crippen molar-refractivity contribution in [2.24, 2.45) is 11.5 Å². The molecule has 0 saturated heterocycles. The third kappa shape index (κ3) is 2.71. The molecule has 7 nitrogen and oxygen atoms in total. The van der Waals surface area contributed by atoms with E-state index in [0.717, 1.165) is 6.07 Å². The molecule has 124 valence electrons.